The molecule has 17 heavy (non-hydrogen) atoms. The van der Waals surface area contributed by atoms with Crippen LogP contribution in [0.2, 0.25) is 0 Å². The Morgan fingerprint density at radius 2 is 1.71 bits per heavy atom. The van der Waals surface area contributed by atoms with E-state index in [1.54, 1.807) is 31.2 Å². The molecule has 3 nitrogen and oxygen atoms in total. The molecule has 1 aliphatic carbocycles. The molecule has 0 saturated heterocycles. The van der Waals surface area contributed by atoms with Crippen LogP contribution in [0.5, 0.6) is 5.75 Å². The first kappa shape index (κ1) is 11.5. The highest BCUT2D eigenvalue weighted by Crippen LogP contribution is 2.32. The number of phenols is 1. The topological polar surface area (TPSA) is 57.5 Å². The Labute approximate surface area is 99.7 Å². The van der Waals surface area contributed by atoms with Crippen molar-refractivity contribution in [2.45, 2.75) is 12.8 Å². The Hall–Kier alpha value is -2.03. The van der Waals surface area contributed by atoms with Gasteiger partial charge in [-0.2, -0.15) is 0 Å². The number of carbonyl (C=O) groups is 1. The Balaban J connectivity index is 2.21. The van der Waals surface area contributed by atoms with Gasteiger partial charge in [-0.15, -0.1) is 0 Å². The zero-order valence-electron chi connectivity index (χ0n) is 9.50. The van der Waals surface area contributed by atoms with E-state index in [-0.39, 0.29) is 11.7 Å². The molecule has 0 amide bonds. The van der Waals surface area contributed by atoms with Gasteiger partial charge >= 0.3 is 5.97 Å². The summed E-state index contributed by atoms with van der Waals surface area (Å²) < 4.78 is 0. The maximum Gasteiger partial charge on any atom is 0.317 e. The molecule has 0 atom stereocenters. The molecule has 0 heterocycles. The molecule has 0 bridgehead atoms. The first-order valence-electron chi connectivity index (χ1n) is 5.42. The maximum absolute atomic E-state index is 11.0. The van der Waals surface area contributed by atoms with Gasteiger partial charge < -0.3 is 10.2 Å². The number of hydrogen-bond donors (Lipinski definition) is 2. The standard InChI is InChI=1S/C14H14O3/c1-14(13(16)17)8-6-11(7-9-14)10-2-4-12(15)5-3-10/h2-9,11,15H,1H3,(H,16,17). The van der Waals surface area contributed by atoms with Gasteiger partial charge in [0.05, 0.1) is 0 Å². The summed E-state index contributed by atoms with van der Waals surface area (Å²) in [6, 6.07) is 6.92. The summed E-state index contributed by atoms with van der Waals surface area (Å²) in [6.45, 7) is 1.66. The van der Waals surface area contributed by atoms with Crippen LogP contribution in [0.15, 0.2) is 48.6 Å². The lowest BCUT2D eigenvalue weighted by atomic mass is 9.81. The summed E-state index contributed by atoms with van der Waals surface area (Å²) in [5.41, 5.74) is 0.121. The molecule has 0 aromatic heterocycles. The minimum atomic E-state index is -0.909. The van der Waals surface area contributed by atoms with Gasteiger partial charge in [0, 0.05) is 5.92 Å². The number of hydrogen-bond acceptors (Lipinski definition) is 2. The Kier molecular flexibility index (Phi) is 2.76. The van der Waals surface area contributed by atoms with Crippen LogP contribution in [-0.4, -0.2) is 16.2 Å². The lowest BCUT2D eigenvalue weighted by Crippen LogP contribution is -2.24. The number of benzene rings is 1. The molecule has 0 aliphatic heterocycles. The predicted octanol–water partition coefficient (Wildman–Crippen LogP) is 2.69. The van der Waals surface area contributed by atoms with Gasteiger partial charge in [0.25, 0.3) is 0 Å². The molecule has 2 N–H and O–H groups in total. The third kappa shape index (κ3) is 2.23. The van der Waals surface area contributed by atoms with Gasteiger partial charge in [0.15, 0.2) is 0 Å². The molecular formula is C14H14O3. The summed E-state index contributed by atoms with van der Waals surface area (Å²) in [5.74, 6) is -0.551. The average Bonchev–Trinajstić information content (AvgIpc) is 2.31. The SMILES string of the molecule is CC1(C(=O)O)C=CC(c2ccc(O)cc2)C=C1. The normalized spacial score (nSPS) is 27.0. The number of aromatic hydroxyl groups is 1. The van der Waals surface area contributed by atoms with Gasteiger partial charge in [0.1, 0.15) is 11.2 Å². The van der Waals surface area contributed by atoms with Crippen molar-refractivity contribution in [1.29, 1.82) is 0 Å². The van der Waals surface area contributed by atoms with Gasteiger partial charge in [-0.05, 0) is 24.6 Å². The van der Waals surface area contributed by atoms with Crippen molar-refractivity contribution in [3.05, 3.63) is 54.1 Å². The Bertz CT molecular complexity index is 469. The van der Waals surface area contributed by atoms with Crippen LogP contribution < -0.4 is 0 Å². The second-order valence-electron chi connectivity index (χ2n) is 4.42. The summed E-state index contributed by atoms with van der Waals surface area (Å²) in [5, 5.41) is 18.3. The molecule has 0 saturated carbocycles. The number of allylic oxidation sites excluding steroid dienone is 2. The zero-order valence-corrected chi connectivity index (χ0v) is 9.50. The van der Waals surface area contributed by atoms with E-state index in [9.17, 15) is 9.90 Å². The number of phenolic OH excluding ortho intramolecular Hbond substituents is 1. The molecule has 1 aliphatic rings. The van der Waals surface area contributed by atoms with Crippen LogP contribution in [0.25, 0.3) is 0 Å². The maximum atomic E-state index is 11.0. The van der Waals surface area contributed by atoms with E-state index in [1.807, 2.05) is 24.3 Å². The number of carboxylic acids is 1. The quantitative estimate of drug-likeness (QED) is 0.768. The van der Waals surface area contributed by atoms with E-state index in [2.05, 4.69) is 0 Å². The minimum absolute atomic E-state index is 0.0722. The van der Waals surface area contributed by atoms with Crippen LogP contribution in [0.4, 0.5) is 0 Å². The second kappa shape index (κ2) is 4.09. The van der Waals surface area contributed by atoms with Gasteiger partial charge in [-0.25, -0.2) is 0 Å². The van der Waals surface area contributed by atoms with Gasteiger partial charge in [-0.3, -0.25) is 4.79 Å². The predicted molar refractivity (Wildman–Crippen MR) is 64.9 cm³/mol. The molecule has 0 unspecified atom stereocenters. The van der Waals surface area contributed by atoms with Crippen LogP contribution in [-0.2, 0) is 4.79 Å². The largest absolute Gasteiger partial charge is 0.508 e. The van der Waals surface area contributed by atoms with Gasteiger partial charge in [0.2, 0.25) is 0 Å². The van der Waals surface area contributed by atoms with Crippen LogP contribution >= 0.6 is 0 Å². The van der Waals surface area contributed by atoms with E-state index in [0.29, 0.717) is 0 Å². The third-order valence-corrected chi connectivity index (χ3v) is 3.04. The summed E-state index contributed by atoms with van der Waals surface area (Å²) in [6.07, 6.45) is 7.15. The van der Waals surface area contributed by atoms with Crippen molar-refractivity contribution in [2.75, 3.05) is 0 Å². The fraction of sp³-hybridized carbons (Fsp3) is 0.214. The molecule has 88 valence electrons. The molecule has 2 rings (SSSR count). The van der Waals surface area contributed by atoms with E-state index < -0.39 is 11.4 Å². The van der Waals surface area contributed by atoms with Gasteiger partial charge in [-0.1, -0.05) is 36.4 Å². The van der Waals surface area contributed by atoms with Crippen LogP contribution in [0.1, 0.15) is 18.4 Å². The van der Waals surface area contributed by atoms with Crippen molar-refractivity contribution in [1.82, 2.24) is 0 Å². The Morgan fingerprint density at radius 1 is 1.18 bits per heavy atom. The van der Waals surface area contributed by atoms with E-state index in [4.69, 9.17) is 5.11 Å². The summed E-state index contributed by atoms with van der Waals surface area (Å²) >= 11 is 0. The Morgan fingerprint density at radius 3 is 2.18 bits per heavy atom. The number of rotatable bonds is 2. The second-order valence-corrected chi connectivity index (χ2v) is 4.42. The van der Waals surface area contributed by atoms with E-state index >= 15 is 0 Å². The van der Waals surface area contributed by atoms with Crippen molar-refractivity contribution in [2.24, 2.45) is 5.41 Å². The highest BCUT2D eigenvalue weighted by atomic mass is 16.4. The average molecular weight is 230 g/mol. The molecular weight excluding hydrogens is 216 g/mol. The summed E-state index contributed by atoms with van der Waals surface area (Å²) in [4.78, 5) is 11.0. The highest BCUT2D eigenvalue weighted by Gasteiger charge is 2.29. The lowest BCUT2D eigenvalue weighted by molar-refractivity contribution is -0.142. The minimum Gasteiger partial charge on any atom is -0.508 e. The van der Waals surface area contributed by atoms with E-state index in [0.717, 1.165) is 5.56 Å². The lowest BCUT2D eigenvalue weighted by Gasteiger charge is -2.22. The summed E-state index contributed by atoms with van der Waals surface area (Å²) in [7, 11) is 0. The number of aliphatic carboxylic acids is 1. The van der Waals surface area contributed by atoms with Crippen molar-refractivity contribution in [3.63, 3.8) is 0 Å². The van der Waals surface area contributed by atoms with Crippen LogP contribution in [0.3, 0.4) is 0 Å². The van der Waals surface area contributed by atoms with Crippen molar-refractivity contribution >= 4 is 5.97 Å². The fourth-order valence-electron chi connectivity index (χ4n) is 1.79. The molecule has 0 spiro atoms. The highest BCUT2D eigenvalue weighted by molar-refractivity contribution is 5.79. The van der Waals surface area contributed by atoms with E-state index in [1.165, 1.54) is 0 Å². The fourth-order valence-corrected chi connectivity index (χ4v) is 1.79. The van der Waals surface area contributed by atoms with Crippen molar-refractivity contribution < 1.29 is 15.0 Å². The van der Waals surface area contributed by atoms with Crippen LogP contribution in [0, 0.1) is 5.41 Å². The smallest absolute Gasteiger partial charge is 0.317 e. The molecule has 1 aromatic carbocycles. The van der Waals surface area contributed by atoms with Crippen molar-refractivity contribution in [3.8, 4) is 5.75 Å². The zero-order chi connectivity index (χ0) is 12.5. The molecule has 3 heteroatoms. The molecule has 0 fully saturated rings. The first-order chi connectivity index (χ1) is 8.01. The molecule has 0 radical (unpaired) electrons. The molecule has 1 aromatic rings. The third-order valence-electron chi connectivity index (χ3n) is 3.04. The first-order valence-corrected chi connectivity index (χ1v) is 5.42. The monoisotopic (exact) mass is 230 g/mol. The number of carboxylic acid groups (broad SMARTS) is 1.